The molecule has 1 unspecified atom stereocenters. The number of hydrogen-bond acceptors (Lipinski definition) is 4. The summed E-state index contributed by atoms with van der Waals surface area (Å²) >= 11 is 0. The van der Waals surface area contributed by atoms with Crippen molar-refractivity contribution in [1.29, 1.82) is 0 Å². The van der Waals surface area contributed by atoms with Crippen molar-refractivity contribution < 1.29 is 13.9 Å². The van der Waals surface area contributed by atoms with Crippen molar-refractivity contribution in [1.82, 2.24) is 5.32 Å². The Hall–Kier alpha value is -1.55. The molecule has 0 saturated carbocycles. The zero-order chi connectivity index (χ0) is 13.2. The van der Waals surface area contributed by atoms with Crippen LogP contribution in [0.15, 0.2) is 35.0 Å². The molecule has 18 heavy (non-hydrogen) atoms. The summed E-state index contributed by atoms with van der Waals surface area (Å²) in [6.07, 6.45) is 6.98. The highest BCUT2D eigenvalue weighted by molar-refractivity contribution is 5.75. The van der Waals surface area contributed by atoms with Gasteiger partial charge in [-0.05, 0) is 25.5 Å². The van der Waals surface area contributed by atoms with Gasteiger partial charge in [-0.2, -0.15) is 0 Å². The molecule has 0 aliphatic rings. The molecule has 1 heterocycles. The fourth-order valence-corrected chi connectivity index (χ4v) is 1.56. The Morgan fingerprint density at radius 2 is 2.44 bits per heavy atom. The first kappa shape index (κ1) is 14.5. The highest BCUT2D eigenvalue weighted by Crippen LogP contribution is 2.04. The Balaban J connectivity index is 2.40. The molecule has 1 aromatic heterocycles. The van der Waals surface area contributed by atoms with Gasteiger partial charge in [0.15, 0.2) is 0 Å². The Morgan fingerprint density at radius 3 is 3.06 bits per heavy atom. The Kier molecular flexibility index (Phi) is 6.87. The summed E-state index contributed by atoms with van der Waals surface area (Å²) in [7, 11) is 0. The molecule has 0 fully saturated rings. The molecule has 0 spiro atoms. The summed E-state index contributed by atoms with van der Waals surface area (Å²) in [6.45, 7) is 4.81. The number of nitrogens with one attached hydrogen (secondary N) is 1. The zero-order valence-corrected chi connectivity index (χ0v) is 11.0. The van der Waals surface area contributed by atoms with Crippen molar-refractivity contribution in [3.63, 3.8) is 0 Å². The maximum Gasteiger partial charge on any atom is 0.323 e. The van der Waals surface area contributed by atoms with Gasteiger partial charge in [0.25, 0.3) is 0 Å². The molecule has 0 radical (unpaired) electrons. The van der Waals surface area contributed by atoms with E-state index in [-0.39, 0.29) is 12.0 Å². The van der Waals surface area contributed by atoms with Crippen molar-refractivity contribution in [3.05, 3.63) is 36.3 Å². The number of carbonyl (C=O) groups is 1. The summed E-state index contributed by atoms with van der Waals surface area (Å²) in [5.74, 6) is 0.610. The van der Waals surface area contributed by atoms with E-state index in [1.54, 1.807) is 6.26 Å². The lowest BCUT2D eigenvalue weighted by Gasteiger charge is -2.15. The van der Waals surface area contributed by atoms with Crippen LogP contribution in [0.3, 0.4) is 0 Å². The van der Waals surface area contributed by atoms with Crippen molar-refractivity contribution in [2.24, 2.45) is 0 Å². The molecule has 4 nitrogen and oxygen atoms in total. The first-order valence-corrected chi connectivity index (χ1v) is 6.31. The number of esters is 1. The molecular weight excluding hydrogens is 230 g/mol. The van der Waals surface area contributed by atoms with Gasteiger partial charge in [0, 0.05) is 0 Å². The summed E-state index contributed by atoms with van der Waals surface area (Å²) in [5.41, 5.74) is 0. The molecule has 1 atom stereocenters. The molecule has 1 aromatic rings. The number of allylic oxidation sites excluding steroid dienone is 1. The minimum absolute atomic E-state index is 0.207. The second-order valence-electron chi connectivity index (χ2n) is 4.00. The average molecular weight is 251 g/mol. The maximum atomic E-state index is 11.8. The van der Waals surface area contributed by atoms with Gasteiger partial charge in [0.05, 0.1) is 12.8 Å². The lowest BCUT2D eigenvalue weighted by Crippen LogP contribution is -2.37. The quantitative estimate of drug-likeness (QED) is 0.570. The second-order valence-corrected chi connectivity index (χ2v) is 4.00. The summed E-state index contributed by atoms with van der Waals surface area (Å²) < 4.78 is 10.4. The van der Waals surface area contributed by atoms with Crippen LogP contribution >= 0.6 is 0 Å². The van der Waals surface area contributed by atoms with Gasteiger partial charge in [-0.3, -0.25) is 10.1 Å². The second kappa shape index (κ2) is 8.53. The topological polar surface area (TPSA) is 51.5 Å². The summed E-state index contributed by atoms with van der Waals surface area (Å²) in [5, 5.41) is 3.16. The summed E-state index contributed by atoms with van der Waals surface area (Å²) in [4.78, 5) is 11.8. The lowest BCUT2D eigenvalue weighted by molar-refractivity contribution is -0.145. The first-order chi connectivity index (χ1) is 8.77. The van der Waals surface area contributed by atoms with Crippen LogP contribution in [0.1, 0.15) is 32.4 Å². The van der Waals surface area contributed by atoms with Gasteiger partial charge < -0.3 is 9.15 Å². The van der Waals surface area contributed by atoms with Gasteiger partial charge in [-0.15, -0.1) is 0 Å². The predicted octanol–water partition coefficient (Wildman–Crippen LogP) is 2.66. The number of hydrogen-bond donors (Lipinski definition) is 1. The van der Waals surface area contributed by atoms with Crippen LogP contribution in [0.2, 0.25) is 0 Å². The van der Waals surface area contributed by atoms with E-state index in [2.05, 4.69) is 5.32 Å². The number of furan rings is 1. The van der Waals surface area contributed by atoms with E-state index in [0.29, 0.717) is 13.2 Å². The van der Waals surface area contributed by atoms with Crippen LogP contribution in [0.4, 0.5) is 0 Å². The third kappa shape index (κ3) is 5.19. The molecule has 1 N–H and O–H groups in total. The fourth-order valence-electron chi connectivity index (χ4n) is 1.56. The predicted molar refractivity (Wildman–Crippen MR) is 70.0 cm³/mol. The Bertz CT molecular complexity index is 357. The van der Waals surface area contributed by atoms with Gasteiger partial charge in [0.1, 0.15) is 18.4 Å². The molecule has 0 aliphatic carbocycles. The standard InChI is InChI=1S/C14H21NO3/c1-3-5-9-18-14(16)13(7-4-2)15-11-12-8-6-10-17-12/h3,5-6,8,10,13,15H,4,7,9,11H2,1-2H3. The normalized spacial score (nSPS) is 12.8. The minimum atomic E-state index is -0.273. The molecule has 1 rings (SSSR count). The van der Waals surface area contributed by atoms with Crippen molar-refractivity contribution in [3.8, 4) is 0 Å². The number of ether oxygens (including phenoxy) is 1. The van der Waals surface area contributed by atoms with Crippen molar-refractivity contribution in [2.75, 3.05) is 6.61 Å². The van der Waals surface area contributed by atoms with E-state index < -0.39 is 0 Å². The van der Waals surface area contributed by atoms with E-state index in [9.17, 15) is 4.79 Å². The molecule has 0 saturated heterocycles. The smallest absolute Gasteiger partial charge is 0.323 e. The molecular formula is C14H21NO3. The number of rotatable bonds is 8. The van der Waals surface area contributed by atoms with E-state index in [1.165, 1.54) is 0 Å². The Labute approximate surface area is 108 Å². The minimum Gasteiger partial charge on any atom is -0.468 e. The van der Waals surface area contributed by atoms with E-state index in [4.69, 9.17) is 9.15 Å². The van der Waals surface area contributed by atoms with Gasteiger partial charge in [0.2, 0.25) is 0 Å². The van der Waals surface area contributed by atoms with Crippen LogP contribution in [-0.4, -0.2) is 18.6 Å². The van der Waals surface area contributed by atoms with Gasteiger partial charge >= 0.3 is 5.97 Å². The van der Waals surface area contributed by atoms with E-state index in [1.807, 2.05) is 38.1 Å². The molecule has 0 bridgehead atoms. The van der Waals surface area contributed by atoms with Crippen LogP contribution < -0.4 is 5.32 Å². The first-order valence-electron chi connectivity index (χ1n) is 6.31. The third-order valence-corrected chi connectivity index (χ3v) is 2.52. The maximum absolute atomic E-state index is 11.8. The van der Waals surface area contributed by atoms with Gasteiger partial charge in [-0.1, -0.05) is 25.5 Å². The van der Waals surface area contributed by atoms with Crippen LogP contribution in [-0.2, 0) is 16.1 Å². The lowest BCUT2D eigenvalue weighted by atomic mass is 10.1. The SMILES string of the molecule is CC=CCOC(=O)C(CCC)NCc1ccco1. The van der Waals surface area contributed by atoms with Crippen molar-refractivity contribution >= 4 is 5.97 Å². The highest BCUT2D eigenvalue weighted by atomic mass is 16.5. The molecule has 100 valence electrons. The van der Waals surface area contributed by atoms with E-state index >= 15 is 0 Å². The third-order valence-electron chi connectivity index (χ3n) is 2.52. The number of carbonyl (C=O) groups excluding carboxylic acids is 1. The molecule has 0 amide bonds. The van der Waals surface area contributed by atoms with Crippen LogP contribution in [0.25, 0.3) is 0 Å². The zero-order valence-electron chi connectivity index (χ0n) is 11.0. The fraction of sp³-hybridized carbons (Fsp3) is 0.500. The summed E-state index contributed by atoms with van der Waals surface area (Å²) in [6, 6.07) is 3.43. The van der Waals surface area contributed by atoms with Crippen LogP contribution in [0, 0.1) is 0 Å². The largest absolute Gasteiger partial charge is 0.468 e. The molecule has 0 aromatic carbocycles. The van der Waals surface area contributed by atoms with Crippen molar-refractivity contribution in [2.45, 2.75) is 39.3 Å². The van der Waals surface area contributed by atoms with Crippen LogP contribution in [0.5, 0.6) is 0 Å². The van der Waals surface area contributed by atoms with E-state index in [0.717, 1.165) is 18.6 Å². The monoisotopic (exact) mass is 251 g/mol. The van der Waals surface area contributed by atoms with Gasteiger partial charge in [-0.25, -0.2) is 0 Å². The highest BCUT2D eigenvalue weighted by Gasteiger charge is 2.18. The average Bonchev–Trinajstić information content (AvgIpc) is 2.87. The Morgan fingerprint density at radius 1 is 1.61 bits per heavy atom. The molecule has 0 aliphatic heterocycles. The molecule has 4 heteroatoms.